The lowest BCUT2D eigenvalue weighted by molar-refractivity contribution is 0.0686. The fraction of sp³-hybridized carbons (Fsp3) is 0.0667. The summed E-state index contributed by atoms with van der Waals surface area (Å²) in [4.78, 5) is 21.9. The molecule has 0 saturated heterocycles. The molecule has 0 aliphatic heterocycles. The lowest BCUT2D eigenvalue weighted by Crippen LogP contribution is -2.00. The van der Waals surface area contributed by atoms with E-state index in [9.17, 15) is 14.0 Å². The molecule has 0 spiro atoms. The maximum atomic E-state index is 13.5. The second-order valence-corrected chi connectivity index (χ2v) is 4.25. The van der Waals surface area contributed by atoms with E-state index in [1.807, 2.05) is 0 Å². The van der Waals surface area contributed by atoms with Crippen LogP contribution in [0.15, 0.2) is 36.4 Å². The van der Waals surface area contributed by atoms with Crippen molar-refractivity contribution in [2.45, 2.75) is 0 Å². The summed E-state index contributed by atoms with van der Waals surface area (Å²) in [6, 6.07) is 7.44. The van der Waals surface area contributed by atoms with E-state index in [-0.39, 0.29) is 16.9 Å². The molecule has 2 N–H and O–H groups in total. The molecule has 0 atom stereocenters. The van der Waals surface area contributed by atoms with Gasteiger partial charge >= 0.3 is 11.9 Å². The quantitative estimate of drug-likeness (QED) is 0.904. The third-order valence-electron chi connectivity index (χ3n) is 2.90. The highest BCUT2D eigenvalue weighted by Gasteiger charge is 2.14. The van der Waals surface area contributed by atoms with Crippen LogP contribution in [0.4, 0.5) is 4.39 Å². The Hall–Kier alpha value is -2.89. The summed E-state index contributed by atoms with van der Waals surface area (Å²) < 4.78 is 18.6. The van der Waals surface area contributed by atoms with Crippen molar-refractivity contribution in [3.63, 3.8) is 0 Å². The zero-order chi connectivity index (χ0) is 15.6. The summed E-state index contributed by atoms with van der Waals surface area (Å²) in [5, 5.41) is 17.9. The highest BCUT2D eigenvalue weighted by Crippen LogP contribution is 2.32. The van der Waals surface area contributed by atoms with E-state index in [1.54, 1.807) is 0 Å². The minimum absolute atomic E-state index is 0.0189. The average molecular weight is 290 g/mol. The molecule has 0 amide bonds. The molecule has 0 bridgehead atoms. The number of benzene rings is 2. The van der Waals surface area contributed by atoms with Gasteiger partial charge in [0.2, 0.25) is 0 Å². The van der Waals surface area contributed by atoms with Crippen LogP contribution in [-0.2, 0) is 0 Å². The first-order valence-corrected chi connectivity index (χ1v) is 5.88. The van der Waals surface area contributed by atoms with Crippen LogP contribution < -0.4 is 4.74 Å². The van der Waals surface area contributed by atoms with Crippen LogP contribution in [0.25, 0.3) is 11.1 Å². The number of carboxylic acids is 2. The van der Waals surface area contributed by atoms with Gasteiger partial charge in [-0.1, -0.05) is 0 Å². The lowest BCUT2D eigenvalue weighted by atomic mass is 10.00. The van der Waals surface area contributed by atoms with Crippen molar-refractivity contribution in [3.8, 4) is 16.9 Å². The maximum Gasteiger partial charge on any atom is 0.335 e. The van der Waals surface area contributed by atoms with Crippen LogP contribution in [0, 0.1) is 5.82 Å². The second-order valence-electron chi connectivity index (χ2n) is 4.25. The van der Waals surface area contributed by atoms with Crippen molar-refractivity contribution in [3.05, 3.63) is 53.3 Å². The largest absolute Gasteiger partial charge is 0.496 e. The third kappa shape index (κ3) is 3.00. The van der Waals surface area contributed by atoms with Gasteiger partial charge in [0.1, 0.15) is 11.6 Å². The topological polar surface area (TPSA) is 83.8 Å². The Bertz CT molecular complexity index is 724. The third-order valence-corrected chi connectivity index (χ3v) is 2.90. The first kappa shape index (κ1) is 14.5. The summed E-state index contributed by atoms with van der Waals surface area (Å²) in [7, 11) is 1.35. The molecule has 6 heteroatoms. The highest BCUT2D eigenvalue weighted by molar-refractivity contribution is 5.92. The molecule has 0 radical (unpaired) electrons. The zero-order valence-electron chi connectivity index (χ0n) is 11.0. The van der Waals surface area contributed by atoms with Gasteiger partial charge in [-0.15, -0.1) is 0 Å². The Morgan fingerprint density at radius 3 is 2.24 bits per heavy atom. The Balaban J connectivity index is 2.61. The molecule has 0 aliphatic rings. The van der Waals surface area contributed by atoms with Crippen molar-refractivity contribution in [2.24, 2.45) is 0 Å². The van der Waals surface area contributed by atoms with Crippen LogP contribution in [0.3, 0.4) is 0 Å². The first-order valence-electron chi connectivity index (χ1n) is 5.88. The van der Waals surface area contributed by atoms with E-state index in [1.165, 1.54) is 31.4 Å². The molecule has 0 aromatic heterocycles. The lowest BCUT2D eigenvalue weighted by Gasteiger charge is -2.10. The molecule has 0 saturated carbocycles. The van der Waals surface area contributed by atoms with Crippen molar-refractivity contribution in [2.75, 3.05) is 7.11 Å². The normalized spacial score (nSPS) is 10.2. The number of aromatic carboxylic acids is 2. The molecule has 0 unspecified atom stereocenters. The van der Waals surface area contributed by atoms with E-state index < -0.39 is 17.8 Å². The predicted octanol–water partition coefficient (Wildman–Crippen LogP) is 2.90. The van der Waals surface area contributed by atoms with Gasteiger partial charge in [-0.25, -0.2) is 14.0 Å². The molecule has 0 heterocycles. The van der Waals surface area contributed by atoms with Gasteiger partial charge in [-0.05, 0) is 42.0 Å². The number of ether oxygens (including phenoxy) is 1. The molecule has 0 fully saturated rings. The van der Waals surface area contributed by atoms with E-state index in [2.05, 4.69) is 0 Å². The van der Waals surface area contributed by atoms with Crippen LogP contribution in [-0.4, -0.2) is 29.3 Å². The van der Waals surface area contributed by atoms with Crippen molar-refractivity contribution in [1.29, 1.82) is 0 Å². The van der Waals surface area contributed by atoms with Gasteiger partial charge in [0.25, 0.3) is 0 Å². The fourth-order valence-electron chi connectivity index (χ4n) is 1.93. The van der Waals surface area contributed by atoms with Gasteiger partial charge in [-0.2, -0.15) is 0 Å². The first-order chi connectivity index (χ1) is 9.92. The van der Waals surface area contributed by atoms with Crippen molar-refractivity contribution >= 4 is 11.9 Å². The summed E-state index contributed by atoms with van der Waals surface area (Å²) in [5.41, 5.74) is 0.519. The monoisotopic (exact) mass is 290 g/mol. The molecular weight excluding hydrogens is 279 g/mol. The van der Waals surface area contributed by atoms with Crippen LogP contribution >= 0.6 is 0 Å². The predicted molar refractivity (Wildman–Crippen MR) is 72.3 cm³/mol. The van der Waals surface area contributed by atoms with Crippen LogP contribution in [0.2, 0.25) is 0 Å². The minimum Gasteiger partial charge on any atom is -0.496 e. The zero-order valence-corrected chi connectivity index (χ0v) is 11.0. The number of hydrogen-bond acceptors (Lipinski definition) is 3. The van der Waals surface area contributed by atoms with Gasteiger partial charge < -0.3 is 14.9 Å². The summed E-state index contributed by atoms with van der Waals surface area (Å²) in [5.74, 6) is -2.85. The standard InChI is InChI=1S/C15H11FO5/c1-21-13-7-8(14(17)18)2-3-12(13)9-4-10(15(19)20)6-11(16)5-9/h2-7H,1H3,(H,17,18)(H,19,20). The van der Waals surface area contributed by atoms with Gasteiger partial charge in [0.15, 0.2) is 0 Å². The Kier molecular flexibility index (Phi) is 3.89. The fourth-order valence-corrected chi connectivity index (χ4v) is 1.93. The Morgan fingerprint density at radius 2 is 1.67 bits per heavy atom. The van der Waals surface area contributed by atoms with E-state index in [4.69, 9.17) is 14.9 Å². The average Bonchev–Trinajstić information content (AvgIpc) is 2.45. The Labute approximate surface area is 119 Å². The minimum atomic E-state index is -1.25. The molecule has 5 nitrogen and oxygen atoms in total. The van der Waals surface area contributed by atoms with E-state index >= 15 is 0 Å². The summed E-state index contributed by atoms with van der Waals surface area (Å²) >= 11 is 0. The van der Waals surface area contributed by atoms with E-state index in [0.717, 1.165) is 12.1 Å². The van der Waals surface area contributed by atoms with Crippen LogP contribution in [0.1, 0.15) is 20.7 Å². The van der Waals surface area contributed by atoms with Crippen molar-refractivity contribution < 1.29 is 28.9 Å². The highest BCUT2D eigenvalue weighted by atomic mass is 19.1. The van der Waals surface area contributed by atoms with Crippen LogP contribution in [0.5, 0.6) is 5.75 Å². The molecule has 108 valence electrons. The van der Waals surface area contributed by atoms with Gasteiger partial charge in [-0.3, -0.25) is 0 Å². The summed E-state index contributed by atoms with van der Waals surface area (Å²) in [6.45, 7) is 0. The number of methoxy groups -OCH3 is 1. The number of rotatable bonds is 4. The number of carbonyl (C=O) groups is 2. The second kappa shape index (κ2) is 5.62. The molecular formula is C15H11FO5. The van der Waals surface area contributed by atoms with E-state index in [0.29, 0.717) is 11.1 Å². The molecule has 0 aliphatic carbocycles. The molecule has 2 aromatic rings. The smallest absolute Gasteiger partial charge is 0.335 e. The summed E-state index contributed by atoms with van der Waals surface area (Å²) in [6.07, 6.45) is 0. The number of hydrogen-bond donors (Lipinski definition) is 2. The Morgan fingerprint density at radius 1 is 1.00 bits per heavy atom. The number of halogens is 1. The van der Waals surface area contributed by atoms with Gasteiger partial charge in [0, 0.05) is 5.56 Å². The molecule has 2 aromatic carbocycles. The van der Waals surface area contributed by atoms with Gasteiger partial charge in [0.05, 0.1) is 18.2 Å². The SMILES string of the molecule is COc1cc(C(=O)O)ccc1-c1cc(F)cc(C(=O)O)c1. The number of carboxylic acid groups (broad SMARTS) is 2. The maximum absolute atomic E-state index is 13.5. The molecule has 2 rings (SSSR count). The molecule has 21 heavy (non-hydrogen) atoms. The van der Waals surface area contributed by atoms with Crippen molar-refractivity contribution in [1.82, 2.24) is 0 Å².